The molecule has 2 aliphatic heterocycles. The molecule has 3 amide bonds. The van der Waals surface area contributed by atoms with E-state index in [2.05, 4.69) is 15.2 Å². The number of pyridine rings is 1. The molecule has 6 nitrogen and oxygen atoms in total. The van der Waals surface area contributed by atoms with Gasteiger partial charge in [0.05, 0.1) is 12.6 Å². The van der Waals surface area contributed by atoms with Crippen molar-refractivity contribution in [3.8, 4) is 0 Å². The fraction of sp³-hybridized carbons (Fsp3) is 0.462. The largest absolute Gasteiger partial charge is 0.354 e. The van der Waals surface area contributed by atoms with Gasteiger partial charge >= 0.3 is 6.03 Å². The Morgan fingerprint density at radius 3 is 2.95 bits per heavy atom. The van der Waals surface area contributed by atoms with Crippen molar-refractivity contribution in [1.82, 2.24) is 15.2 Å². The zero-order valence-corrected chi connectivity index (χ0v) is 10.8. The lowest BCUT2D eigenvalue weighted by atomic mass is 10.2. The number of rotatable bonds is 2. The highest BCUT2D eigenvalue weighted by Crippen LogP contribution is 2.23. The fourth-order valence-electron chi connectivity index (χ4n) is 2.66. The molecule has 19 heavy (non-hydrogen) atoms. The molecule has 1 aromatic rings. The van der Waals surface area contributed by atoms with Crippen LogP contribution in [0.4, 0.5) is 10.6 Å². The second-order valence-electron chi connectivity index (χ2n) is 5.00. The van der Waals surface area contributed by atoms with Crippen LogP contribution < -0.4 is 10.2 Å². The zero-order chi connectivity index (χ0) is 13.4. The minimum Gasteiger partial charge on any atom is -0.354 e. The summed E-state index contributed by atoms with van der Waals surface area (Å²) >= 11 is 0. The maximum absolute atomic E-state index is 11.7. The predicted octanol–water partition coefficient (Wildman–Crippen LogP) is 0.521. The average molecular weight is 260 g/mol. The smallest absolute Gasteiger partial charge is 0.324 e. The number of carbonyl (C=O) groups is 2. The summed E-state index contributed by atoms with van der Waals surface area (Å²) in [7, 11) is 0. The lowest BCUT2D eigenvalue weighted by molar-refractivity contribution is -0.126. The number of imide groups is 1. The van der Waals surface area contributed by atoms with Gasteiger partial charge in [-0.25, -0.2) is 9.78 Å². The van der Waals surface area contributed by atoms with E-state index in [0.717, 1.165) is 24.3 Å². The Balaban J connectivity index is 1.74. The number of hydrogen-bond acceptors (Lipinski definition) is 4. The van der Waals surface area contributed by atoms with Gasteiger partial charge in [0.25, 0.3) is 0 Å². The molecule has 0 spiro atoms. The van der Waals surface area contributed by atoms with Crippen LogP contribution in [0.3, 0.4) is 0 Å². The van der Waals surface area contributed by atoms with Gasteiger partial charge < -0.3 is 10.2 Å². The van der Waals surface area contributed by atoms with Gasteiger partial charge in [-0.15, -0.1) is 0 Å². The van der Waals surface area contributed by atoms with Crippen LogP contribution in [0, 0.1) is 6.92 Å². The van der Waals surface area contributed by atoms with E-state index in [0.29, 0.717) is 6.54 Å². The minimum atomic E-state index is -0.269. The van der Waals surface area contributed by atoms with Crippen molar-refractivity contribution in [2.24, 2.45) is 0 Å². The van der Waals surface area contributed by atoms with E-state index in [1.807, 2.05) is 19.1 Å². The third-order valence-electron chi connectivity index (χ3n) is 3.63. The molecule has 0 aliphatic carbocycles. The molecule has 2 aliphatic rings. The number of aromatic nitrogens is 1. The first-order valence-corrected chi connectivity index (χ1v) is 6.42. The van der Waals surface area contributed by atoms with E-state index in [-0.39, 0.29) is 24.5 Å². The summed E-state index contributed by atoms with van der Waals surface area (Å²) in [5, 5.41) is 2.56. The summed E-state index contributed by atoms with van der Waals surface area (Å²) in [6.45, 7) is 3.63. The van der Waals surface area contributed by atoms with Crippen molar-refractivity contribution in [2.75, 3.05) is 24.5 Å². The van der Waals surface area contributed by atoms with E-state index in [9.17, 15) is 9.59 Å². The van der Waals surface area contributed by atoms with Crippen LogP contribution in [-0.2, 0) is 4.79 Å². The van der Waals surface area contributed by atoms with Gasteiger partial charge in [0.1, 0.15) is 5.82 Å². The Kier molecular flexibility index (Phi) is 2.85. The van der Waals surface area contributed by atoms with Crippen LogP contribution in [0.25, 0.3) is 0 Å². The van der Waals surface area contributed by atoms with E-state index >= 15 is 0 Å². The number of carbonyl (C=O) groups excluding carboxylic acids is 2. The molecule has 1 N–H and O–H groups in total. The Bertz CT molecular complexity index is 515. The molecule has 2 fully saturated rings. The lowest BCUT2D eigenvalue weighted by Gasteiger charge is -2.22. The summed E-state index contributed by atoms with van der Waals surface area (Å²) in [6, 6.07) is 3.66. The van der Waals surface area contributed by atoms with Crippen molar-refractivity contribution in [3.05, 3.63) is 23.9 Å². The van der Waals surface area contributed by atoms with Crippen LogP contribution in [0.15, 0.2) is 18.3 Å². The summed E-state index contributed by atoms with van der Waals surface area (Å²) in [6.07, 6.45) is 2.58. The number of nitrogens with one attached hydrogen (secondary N) is 1. The van der Waals surface area contributed by atoms with Crippen LogP contribution in [0.1, 0.15) is 12.0 Å². The monoisotopic (exact) mass is 260 g/mol. The van der Waals surface area contributed by atoms with Gasteiger partial charge in [-0.1, -0.05) is 0 Å². The van der Waals surface area contributed by atoms with Gasteiger partial charge in [-0.2, -0.15) is 0 Å². The van der Waals surface area contributed by atoms with E-state index in [4.69, 9.17) is 0 Å². The van der Waals surface area contributed by atoms with Gasteiger partial charge in [0.15, 0.2) is 0 Å². The highest BCUT2D eigenvalue weighted by Gasteiger charge is 2.38. The molecule has 3 rings (SSSR count). The molecule has 3 heterocycles. The molecular formula is C13H16N4O2. The Morgan fingerprint density at radius 2 is 2.26 bits per heavy atom. The summed E-state index contributed by atoms with van der Waals surface area (Å²) in [5.74, 6) is 0.781. The summed E-state index contributed by atoms with van der Waals surface area (Å²) < 4.78 is 0. The van der Waals surface area contributed by atoms with Crippen LogP contribution in [0.5, 0.6) is 0 Å². The topological polar surface area (TPSA) is 65.5 Å². The molecule has 1 aromatic heterocycles. The second kappa shape index (κ2) is 4.53. The highest BCUT2D eigenvalue weighted by atomic mass is 16.2. The number of nitrogens with zero attached hydrogens (tertiary/aromatic N) is 3. The fourth-order valence-corrected chi connectivity index (χ4v) is 2.66. The number of amides is 3. The summed E-state index contributed by atoms with van der Waals surface area (Å²) in [4.78, 5) is 31.1. The first kappa shape index (κ1) is 12.0. The molecule has 1 unspecified atom stereocenters. The molecule has 6 heteroatoms. The van der Waals surface area contributed by atoms with E-state index < -0.39 is 0 Å². The molecular weight excluding hydrogens is 244 g/mol. The van der Waals surface area contributed by atoms with E-state index in [1.54, 1.807) is 6.20 Å². The molecule has 2 saturated heterocycles. The van der Waals surface area contributed by atoms with Crippen molar-refractivity contribution in [3.63, 3.8) is 0 Å². The van der Waals surface area contributed by atoms with Gasteiger partial charge in [-0.3, -0.25) is 9.69 Å². The molecule has 100 valence electrons. The number of urea groups is 1. The highest BCUT2D eigenvalue weighted by molar-refractivity contribution is 6.02. The van der Waals surface area contributed by atoms with Gasteiger partial charge in [0.2, 0.25) is 5.91 Å². The number of aryl methyl sites for hydroxylation is 1. The van der Waals surface area contributed by atoms with E-state index in [1.165, 1.54) is 4.90 Å². The van der Waals surface area contributed by atoms with Crippen LogP contribution in [-0.4, -0.2) is 47.5 Å². The van der Waals surface area contributed by atoms with Crippen molar-refractivity contribution < 1.29 is 9.59 Å². The zero-order valence-electron chi connectivity index (χ0n) is 10.8. The minimum absolute atomic E-state index is 0.0442. The first-order chi connectivity index (χ1) is 9.15. The van der Waals surface area contributed by atoms with Crippen molar-refractivity contribution in [1.29, 1.82) is 0 Å². The molecule has 1 atom stereocenters. The number of anilines is 1. The first-order valence-electron chi connectivity index (χ1n) is 6.42. The van der Waals surface area contributed by atoms with Crippen molar-refractivity contribution >= 4 is 17.8 Å². The average Bonchev–Trinajstić information content (AvgIpc) is 2.97. The quantitative estimate of drug-likeness (QED) is 0.787. The predicted molar refractivity (Wildman–Crippen MR) is 69.8 cm³/mol. The van der Waals surface area contributed by atoms with Gasteiger partial charge in [-0.05, 0) is 31.0 Å². The Labute approximate surface area is 111 Å². The standard InChI is InChI=1S/C13H16N4O2/c1-9-2-4-14-11(6-9)16-5-3-10(8-16)17-12(18)7-15-13(17)19/h2,4,6,10H,3,5,7-8H2,1H3,(H,15,19). The van der Waals surface area contributed by atoms with Crippen LogP contribution in [0.2, 0.25) is 0 Å². The Morgan fingerprint density at radius 1 is 1.42 bits per heavy atom. The molecule has 0 saturated carbocycles. The Hall–Kier alpha value is -2.11. The summed E-state index contributed by atoms with van der Waals surface area (Å²) in [5.41, 5.74) is 1.16. The SMILES string of the molecule is Cc1ccnc(N2CCC(N3C(=O)CNC3=O)C2)c1. The third-order valence-corrected chi connectivity index (χ3v) is 3.63. The second-order valence-corrected chi connectivity index (χ2v) is 5.00. The maximum atomic E-state index is 11.7. The normalized spacial score (nSPS) is 23.1. The number of hydrogen-bond donors (Lipinski definition) is 1. The molecule has 0 aromatic carbocycles. The maximum Gasteiger partial charge on any atom is 0.324 e. The molecule has 0 radical (unpaired) electrons. The third kappa shape index (κ3) is 2.14. The molecule has 0 bridgehead atoms. The lowest BCUT2D eigenvalue weighted by Crippen LogP contribution is -2.42. The van der Waals surface area contributed by atoms with Crippen LogP contribution >= 0.6 is 0 Å². The van der Waals surface area contributed by atoms with Gasteiger partial charge in [0, 0.05) is 19.3 Å². The van der Waals surface area contributed by atoms with Crippen molar-refractivity contribution in [2.45, 2.75) is 19.4 Å².